The van der Waals surface area contributed by atoms with Gasteiger partial charge in [-0.15, -0.1) is 0 Å². The number of nitrogens with one attached hydrogen (secondary N) is 4. The quantitative estimate of drug-likeness (QED) is 0.631. The molecule has 8 nitrogen and oxygen atoms in total. The Balaban J connectivity index is 1.71. The standard InChI is InChI=1S/C15H20N6O2/c16-6-3-15(4-7-17-8-5-15)20-14(23)11-9-18-21-12(11)19-13(22)10-1-2-10/h9-10,17H,1-5,7-8H2,(H,20,23)(H2,18,19,21,22). The van der Waals surface area contributed by atoms with E-state index in [-0.39, 0.29) is 30.0 Å². The molecule has 0 unspecified atom stereocenters. The molecule has 2 heterocycles. The summed E-state index contributed by atoms with van der Waals surface area (Å²) in [6, 6.07) is 2.16. The first kappa shape index (κ1) is 15.5. The van der Waals surface area contributed by atoms with Gasteiger partial charge in [0.05, 0.1) is 18.0 Å². The van der Waals surface area contributed by atoms with Crippen LogP contribution in [0.4, 0.5) is 5.82 Å². The molecule has 122 valence electrons. The molecule has 0 radical (unpaired) electrons. The highest BCUT2D eigenvalue weighted by Crippen LogP contribution is 2.30. The van der Waals surface area contributed by atoms with E-state index in [1.54, 1.807) is 0 Å². The molecule has 0 bridgehead atoms. The highest BCUT2D eigenvalue weighted by molar-refractivity contribution is 6.03. The minimum Gasteiger partial charge on any atom is -0.345 e. The summed E-state index contributed by atoms with van der Waals surface area (Å²) in [5.41, 5.74) is -0.221. The van der Waals surface area contributed by atoms with Gasteiger partial charge in [0.15, 0.2) is 5.82 Å². The Labute approximate surface area is 134 Å². The maximum absolute atomic E-state index is 12.6. The number of hydrogen-bond donors (Lipinski definition) is 4. The Bertz CT molecular complexity index is 637. The van der Waals surface area contributed by atoms with Gasteiger partial charge in [-0.1, -0.05) is 0 Å². The van der Waals surface area contributed by atoms with Gasteiger partial charge in [0.2, 0.25) is 5.91 Å². The van der Waals surface area contributed by atoms with Crippen LogP contribution in [0.3, 0.4) is 0 Å². The molecule has 0 aromatic carbocycles. The molecule has 3 rings (SSSR count). The van der Waals surface area contributed by atoms with E-state index in [0.29, 0.717) is 18.4 Å². The average Bonchev–Trinajstić information content (AvgIpc) is 3.28. The third-order valence-corrected chi connectivity index (χ3v) is 4.43. The van der Waals surface area contributed by atoms with E-state index in [1.807, 2.05) is 0 Å². The van der Waals surface area contributed by atoms with Crippen LogP contribution in [-0.2, 0) is 4.79 Å². The van der Waals surface area contributed by atoms with Crippen molar-refractivity contribution in [2.24, 2.45) is 5.92 Å². The van der Waals surface area contributed by atoms with Crippen LogP contribution < -0.4 is 16.0 Å². The summed E-state index contributed by atoms with van der Waals surface area (Å²) < 4.78 is 0. The topological polar surface area (TPSA) is 123 Å². The molecule has 2 amide bonds. The number of carbonyl (C=O) groups excluding carboxylic acids is 2. The lowest BCUT2D eigenvalue weighted by Gasteiger charge is -2.36. The first-order chi connectivity index (χ1) is 11.1. The summed E-state index contributed by atoms with van der Waals surface area (Å²) in [5.74, 6) is -0.126. The predicted octanol–water partition coefficient (Wildman–Crippen LogP) is 0.524. The molecule has 1 aliphatic heterocycles. The van der Waals surface area contributed by atoms with Crippen LogP contribution >= 0.6 is 0 Å². The van der Waals surface area contributed by atoms with Gasteiger partial charge in [0.1, 0.15) is 5.56 Å². The third kappa shape index (κ3) is 3.51. The maximum Gasteiger partial charge on any atom is 0.257 e. The van der Waals surface area contributed by atoms with Gasteiger partial charge >= 0.3 is 0 Å². The van der Waals surface area contributed by atoms with E-state index in [4.69, 9.17) is 5.26 Å². The second kappa shape index (κ2) is 6.38. The van der Waals surface area contributed by atoms with E-state index in [9.17, 15) is 9.59 Å². The number of H-pyrrole nitrogens is 1. The van der Waals surface area contributed by atoms with Gasteiger partial charge < -0.3 is 16.0 Å². The molecule has 1 aromatic rings. The molecule has 1 saturated carbocycles. The lowest BCUT2D eigenvalue weighted by atomic mass is 9.85. The number of nitrogens with zero attached hydrogens (tertiary/aromatic N) is 2. The van der Waals surface area contributed by atoms with Gasteiger partial charge in [-0.25, -0.2) is 0 Å². The highest BCUT2D eigenvalue weighted by atomic mass is 16.2. The Kier molecular flexibility index (Phi) is 4.30. The summed E-state index contributed by atoms with van der Waals surface area (Å²) in [5, 5.41) is 24.6. The SMILES string of the molecule is N#CCC1(NC(=O)c2c[nH]nc2NC(=O)C2CC2)CCNCC1. The van der Waals surface area contributed by atoms with Gasteiger partial charge in [-0.05, 0) is 38.8 Å². The summed E-state index contributed by atoms with van der Waals surface area (Å²) in [7, 11) is 0. The molecule has 1 aromatic heterocycles. The second-order valence-electron chi connectivity index (χ2n) is 6.23. The fraction of sp³-hybridized carbons (Fsp3) is 0.600. The van der Waals surface area contributed by atoms with Crippen molar-refractivity contribution in [3.63, 3.8) is 0 Å². The zero-order valence-corrected chi connectivity index (χ0v) is 12.8. The highest BCUT2D eigenvalue weighted by Gasteiger charge is 2.35. The Morgan fingerprint density at radius 3 is 2.78 bits per heavy atom. The van der Waals surface area contributed by atoms with E-state index in [0.717, 1.165) is 25.9 Å². The van der Waals surface area contributed by atoms with Gasteiger partial charge in [-0.3, -0.25) is 14.7 Å². The summed E-state index contributed by atoms with van der Waals surface area (Å²) in [4.78, 5) is 24.4. The van der Waals surface area contributed by atoms with Gasteiger partial charge in [-0.2, -0.15) is 10.4 Å². The molecule has 0 spiro atoms. The van der Waals surface area contributed by atoms with E-state index < -0.39 is 5.54 Å². The lowest BCUT2D eigenvalue weighted by Crippen LogP contribution is -2.54. The largest absolute Gasteiger partial charge is 0.345 e. The lowest BCUT2D eigenvalue weighted by molar-refractivity contribution is -0.117. The maximum atomic E-state index is 12.6. The number of aromatic nitrogens is 2. The first-order valence-electron chi connectivity index (χ1n) is 7.88. The van der Waals surface area contributed by atoms with Crippen LogP contribution in [0.25, 0.3) is 0 Å². The molecule has 23 heavy (non-hydrogen) atoms. The number of rotatable bonds is 5. The number of aromatic amines is 1. The molecule has 2 aliphatic rings. The van der Waals surface area contributed by atoms with Crippen LogP contribution in [0.1, 0.15) is 42.5 Å². The van der Waals surface area contributed by atoms with Crippen molar-refractivity contribution < 1.29 is 9.59 Å². The van der Waals surface area contributed by atoms with E-state index in [2.05, 4.69) is 32.2 Å². The number of hydrogen-bond acceptors (Lipinski definition) is 5. The monoisotopic (exact) mass is 316 g/mol. The van der Waals surface area contributed by atoms with Crippen LogP contribution in [0.2, 0.25) is 0 Å². The molecular weight excluding hydrogens is 296 g/mol. The normalized spacial score (nSPS) is 19.6. The zero-order chi connectivity index (χ0) is 16.3. The molecular formula is C15H20N6O2. The Hall–Kier alpha value is -2.40. The van der Waals surface area contributed by atoms with E-state index >= 15 is 0 Å². The number of piperidine rings is 1. The van der Waals surface area contributed by atoms with Crippen molar-refractivity contribution in [3.8, 4) is 6.07 Å². The smallest absolute Gasteiger partial charge is 0.257 e. The van der Waals surface area contributed by atoms with E-state index in [1.165, 1.54) is 6.20 Å². The second-order valence-corrected chi connectivity index (χ2v) is 6.23. The van der Waals surface area contributed by atoms with Crippen molar-refractivity contribution in [2.75, 3.05) is 18.4 Å². The zero-order valence-electron chi connectivity index (χ0n) is 12.8. The molecule has 4 N–H and O–H groups in total. The average molecular weight is 316 g/mol. The molecule has 1 saturated heterocycles. The number of carbonyl (C=O) groups is 2. The fourth-order valence-electron chi connectivity index (χ4n) is 2.83. The van der Waals surface area contributed by atoms with Crippen molar-refractivity contribution in [1.29, 1.82) is 5.26 Å². The van der Waals surface area contributed by atoms with Crippen molar-refractivity contribution in [2.45, 2.75) is 37.6 Å². The van der Waals surface area contributed by atoms with Crippen LogP contribution in [0.5, 0.6) is 0 Å². The number of nitriles is 1. The predicted molar refractivity (Wildman–Crippen MR) is 82.5 cm³/mol. The Morgan fingerprint density at radius 2 is 2.13 bits per heavy atom. The Morgan fingerprint density at radius 1 is 1.39 bits per heavy atom. The number of anilines is 1. The molecule has 8 heteroatoms. The molecule has 0 atom stereocenters. The van der Waals surface area contributed by atoms with Crippen molar-refractivity contribution in [3.05, 3.63) is 11.8 Å². The minimum absolute atomic E-state index is 0.0389. The first-order valence-corrected chi connectivity index (χ1v) is 7.88. The molecule has 1 aliphatic carbocycles. The van der Waals surface area contributed by atoms with Crippen LogP contribution in [0, 0.1) is 17.2 Å². The van der Waals surface area contributed by atoms with Crippen molar-refractivity contribution in [1.82, 2.24) is 20.8 Å². The van der Waals surface area contributed by atoms with Crippen molar-refractivity contribution >= 4 is 17.6 Å². The number of amides is 2. The third-order valence-electron chi connectivity index (χ3n) is 4.43. The summed E-state index contributed by atoms with van der Waals surface area (Å²) in [6.07, 6.45) is 4.91. The fourth-order valence-corrected chi connectivity index (χ4v) is 2.83. The van der Waals surface area contributed by atoms with Crippen LogP contribution in [0.15, 0.2) is 6.20 Å². The summed E-state index contributed by atoms with van der Waals surface area (Å²) in [6.45, 7) is 1.53. The van der Waals surface area contributed by atoms with Gasteiger partial charge in [0, 0.05) is 12.1 Å². The van der Waals surface area contributed by atoms with Crippen LogP contribution in [-0.4, -0.2) is 40.6 Å². The minimum atomic E-state index is -0.522. The van der Waals surface area contributed by atoms with Gasteiger partial charge in [0.25, 0.3) is 5.91 Å². The summed E-state index contributed by atoms with van der Waals surface area (Å²) >= 11 is 0. The molecule has 2 fully saturated rings.